The molecule has 1 heterocycles. The summed E-state index contributed by atoms with van der Waals surface area (Å²) in [5.74, 6) is 1.49. The van der Waals surface area contributed by atoms with Crippen LogP contribution in [-0.2, 0) is 21.6 Å². The smallest absolute Gasteiger partial charge is 0.234 e. The molecule has 0 radical (unpaired) electrons. The predicted molar refractivity (Wildman–Crippen MR) is 65.0 cm³/mol. The highest BCUT2D eigenvalue weighted by molar-refractivity contribution is 5.80. The molecule has 1 aromatic rings. The van der Waals surface area contributed by atoms with Crippen molar-refractivity contribution < 1.29 is 14.1 Å². The molecule has 0 N–H and O–H groups in total. The zero-order chi connectivity index (χ0) is 13.2. The topological polar surface area (TPSA) is 65.2 Å². The molecular formula is C13H20N2O3. The molecule has 0 aliphatic heterocycles. The number of carbonyl (C=O) groups excluding carboxylic acids is 1. The first-order chi connectivity index (χ1) is 8.55. The van der Waals surface area contributed by atoms with Gasteiger partial charge in [-0.3, -0.25) is 4.79 Å². The maximum Gasteiger partial charge on any atom is 0.234 e. The highest BCUT2D eigenvalue weighted by atomic mass is 16.5. The Hall–Kier alpha value is -1.23. The van der Waals surface area contributed by atoms with Crippen LogP contribution in [0.1, 0.15) is 51.2 Å². The molecule has 0 amide bonds. The number of carbonyl (C=O) groups is 1. The van der Waals surface area contributed by atoms with Crippen LogP contribution in [0.25, 0.3) is 0 Å². The van der Waals surface area contributed by atoms with Gasteiger partial charge in [0.25, 0.3) is 0 Å². The lowest BCUT2D eigenvalue weighted by Gasteiger charge is -2.37. The highest BCUT2D eigenvalue weighted by Gasteiger charge is 2.43. The van der Waals surface area contributed by atoms with E-state index in [4.69, 9.17) is 9.26 Å². The lowest BCUT2D eigenvalue weighted by molar-refractivity contribution is -0.119. The summed E-state index contributed by atoms with van der Waals surface area (Å²) in [6.07, 6.45) is 3.73. The molecule has 1 aromatic heterocycles. The van der Waals surface area contributed by atoms with Gasteiger partial charge in [-0.25, -0.2) is 0 Å². The van der Waals surface area contributed by atoms with Crippen molar-refractivity contribution in [3.8, 4) is 0 Å². The quantitative estimate of drug-likeness (QED) is 0.777. The summed E-state index contributed by atoms with van der Waals surface area (Å²) in [7, 11) is 1.67. The van der Waals surface area contributed by atoms with E-state index in [-0.39, 0.29) is 17.8 Å². The van der Waals surface area contributed by atoms with Gasteiger partial charge in [-0.2, -0.15) is 4.98 Å². The third kappa shape index (κ3) is 2.61. The summed E-state index contributed by atoms with van der Waals surface area (Å²) >= 11 is 0. The molecule has 0 spiro atoms. The summed E-state index contributed by atoms with van der Waals surface area (Å²) in [5.41, 5.74) is -0.372. The van der Waals surface area contributed by atoms with E-state index < -0.39 is 0 Å². The molecule has 0 unspecified atom stereocenters. The fourth-order valence-electron chi connectivity index (χ4n) is 2.22. The average Bonchev–Trinajstić information content (AvgIpc) is 2.64. The number of nitrogens with zero attached hydrogens (tertiary/aromatic N) is 2. The fraction of sp³-hybridized carbons (Fsp3) is 0.769. The van der Waals surface area contributed by atoms with E-state index in [1.165, 1.54) is 0 Å². The molecule has 1 aliphatic carbocycles. The van der Waals surface area contributed by atoms with E-state index in [9.17, 15) is 4.79 Å². The number of ketones is 1. The van der Waals surface area contributed by atoms with Gasteiger partial charge < -0.3 is 9.26 Å². The minimum Gasteiger partial charge on any atom is -0.370 e. The molecule has 2 rings (SSSR count). The van der Waals surface area contributed by atoms with Crippen LogP contribution in [0, 0.1) is 5.92 Å². The van der Waals surface area contributed by atoms with E-state index >= 15 is 0 Å². The van der Waals surface area contributed by atoms with Crippen molar-refractivity contribution in [2.45, 2.75) is 51.6 Å². The Balaban J connectivity index is 2.00. The number of hydrogen-bond acceptors (Lipinski definition) is 5. The summed E-state index contributed by atoms with van der Waals surface area (Å²) in [6, 6.07) is 0. The van der Waals surface area contributed by atoms with E-state index in [1.807, 2.05) is 13.8 Å². The van der Waals surface area contributed by atoms with Crippen LogP contribution < -0.4 is 0 Å². The minimum atomic E-state index is -0.372. The van der Waals surface area contributed by atoms with Gasteiger partial charge in [0.2, 0.25) is 11.7 Å². The Morgan fingerprint density at radius 2 is 2.22 bits per heavy atom. The van der Waals surface area contributed by atoms with Gasteiger partial charge in [-0.05, 0) is 25.2 Å². The molecule has 0 aromatic carbocycles. The number of Topliss-reactive ketones (excluding diaryl/α,β-unsaturated/α-hetero) is 1. The Morgan fingerprint density at radius 3 is 2.72 bits per heavy atom. The van der Waals surface area contributed by atoms with Crippen LogP contribution in [0.2, 0.25) is 0 Å². The first kappa shape index (κ1) is 13.2. The summed E-state index contributed by atoms with van der Waals surface area (Å²) < 4.78 is 10.6. The average molecular weight is 252 g/mol. The van der Waals surface area contributed by atoms with E-state index in [0.717, 1.165) is 19.3 Å². The molecule has 1 aliphatic rings. The van der Waals surface area contributed by atoms with Crippen molar-refractivity contribution in [1.29, 1.82) is 0 Å². The number of methoxy groups -OCH3 is 1. The molecule has 5 heteroatoms. The van der Waals surface area contributed by atoms with Gasteiger partial charge in [0.05, 0.1) is 6.42 Å². The lowest BCUT2D eigenvalue weighted by Crippen LogP contribution is -2.37. The van der Waals surface area contributed by atoms with Crippen molar-refractivity contribution in [3.63, 3.8) is 0 Å². The number of aromatic nitrogens is 2. The number of rotatable bonds is 6. The Morgan fingerprint density at radius 1 is 1.50 bits per heavy atom. The van der Waals surface area contributed by atoms with Gasteiger partial charge in [-0.15, -0.1) is 0 Å². The minimum absolute atomic E-state index is 0.139. The number of ether oxygens (including phenoxy) is 1. The van der Waals surface area contributed by atoms with Crippen LogP contribution >= 0.6 is 0 Å². The van der Waals surface area contributed by atoms with Gasteiger partial charge in [0.1, 0.15) is 11.4 Å². The second-order valence-electron chi connectivity index (χ2n) is 5.38. The molecule has 18 heavy (non-hydrogen) atoms. The zero-order valence-electron chi connectivity index (χ0n) is 11.2. The molecule has 1 saturated carbocycles. The second kappa shape index (κ2) is 5.18. The van der Waals surface area contributed by atoms with Gasteiger partial charge >= 0.3 is 0 Å². The Kier molecular flexibility index (Phi) is 3.80. The summed E-state index contributed by atoms with van der Waals surface area (Å²) in [4.78, 5) is 16.0. The van der Waals surface area contributed by atoms with Crippen LogP contribution in [0.4, 0.5) is 0 Å². The SMILES string of the molecule is COC1(c2noc(CC(=O)CC(C)C)n2)CCC1. The van der Waals surface area contributed by atoms with Gasteiger partial charge in [-0.1, -0.05) is 19.0 Å². The molecule has 0 atom stereocenters. The third-order valence-corrected chi connectivity index (χ3v) is 3.41. The lowest BCUT2D eigenvalue weighted by atomic mass is 9.79. The van der Waals surface area contributed by atoms with Gasteiger partial charge in [0, 0.05) is 13.5 Å². The number of hydrogen-bond donors (Lipinski definition) is 0. The summed E-state index contributed by atoms with van der Waals surface area (Å²) in [5, 5.41) is 3.95. The molecule has 0 bridgehead atoms. The van der Waals surface area contributed by atoms with Crippen molar-refractivity contribution in [2.75, 3.05) is 7.11 Å². The predicted octanol–water partition coefficient (Wildman–Crippen LogP) is 2.25. The maximum atomic E-state index is 11.7. The molecule has 5 nitrogen and oxygen atoms in total. The Bertz CT molecular complexity index is 416. The first-order valence-corrected chi connectivity index (χ1v) is 6.45. The van der Waals surface area contributed by atoms with Crippen LogP contribution in [0.15, 0.2) is 4.52 Å². The second-order valence-corrected chi connectivity index (χ2v) is 5.38. The standard InChI is InChI=1S/C13H20N2O3/c1-9(2)7-10(16)8-11-14-12(15-18-11)13(17-3)5-4-6-13/h9H,4-8H2,1-3H3. The third-order valence-electron chi connectivity index (χ3n) is 3.41. The molecule has 100 valence electrons. The maximum absolute atomic E-state index is 11.7. The van der Waals surface area contributed by atoms with E-state index in [0.29, 0.717) is 24.1 Å². The Labute approximate surface area is 107 Å². The normalized spacial score (nSPS) is 17.8. The molecular weight excluding hydrogens is 232 g/mol. The molecule has 0 saturated heterocycles. The first-order valence-electron chi connectivity index (χ1n) is 6.45. The highest BCUT2D eigenvalue weighted by Crippen LogP contribution is 2.42. The van der Waals surface area contributed by atoms with Crippen molar-refractivity contribution in [2.24, 2.45) is 5.92 Å². The van der Waals surface area contributed by atoms with Crippen molar-refractivity contribution in [1.82, 2.24) is 10.1 Å². The fourth-order valence-corrected chi connectivity index (χ4v) is 2.22. The van der Waals surface area contributed by atoms with E-state index in [2.05, 4.69) is 10.1 Å². The van der Waals surface area contributed by atoms with Gasteiger partial charge in [0.15, 0.2) is 0 Å². The zero-order valence-corrected chi connectivity index (χ0v) is 11.2. The van der Waals surface area contributed by atoms with Crippen molar-refractivity contribution in [3.05, 3.63) is 11.7 Å². The molecule has 1 fully saturated rings. The summed E-state index contributed by atoms with van der Waals surface area (Å²) in [6.45, 7) is 4.04. The van der Waals surface area contributed by atoms with Crippen LogP contribution in [-0.4, -0.2) is 23.0 Å². The largest absolute Gasteiger partial charge is 0.370 e. The van der Waals surface area contributed by atoms with E-state index in [1.54, 1.807) is 7.11 Å². The van der Waals surface area contributed by atoms with Crippen molar-refractivity contribution >= 4 is 5.78 Å². The monoisotopic (exact) mass is 252 g/mol. The van der Waals surface area contributed by atoms with Crippen LogP contribution in [0.5, 0.6) is 0 Å². The van der Waals surface area contributed by atoms with Crippen LogP contribution in [0.3, 0.4) is 0 Å².